The van der Waals surface area contributed by atoms with Crippen LogP contribution in [0.25, 0.3) is 0 Å². The van der Waals surface area contributed by atoms with Crippen LogP contribution in [0.1, 0.15) is 85.5 Å². The molecule has 0 aliphatic heterocycles. The van der Waals surface area contributed by atoms with E-state index in [4.69, 9.17) is 0 Å². The van der Waals surface area contributed by atoms with Gasteiger partial charge in [-0.15, -0.1) is 0 Å². The summed E-state index contributed by atoms with van der Waals surface area (Å²) in [6, 6.07) is 0. The number of fused-ring (bicyclic) bond motifs is 5. The lowest BCUT2D eigenvalue weighted by Gasteiger charge is -2.62. The Morgan fingerprint density at radius 3 is 2.41 bits per heavy atom. The van der Waals surface area contributed by atoms with E-state index in [2.05, 4.69) is 27.7 Å². The Hall–Kier alpha value is -0.330. The van der Waals surface area contributed by atoms with Gasteiger partial charge in [-0.3, -0.25) is 4.79 Å². The maximum absolute atomic E-state index is 13.2. The Labute approximate surface area is 136 Å². The lowest BCUT2D eigenvalue weighted by molar-refractivity contribution is -0.166. The van der Waals surface area contributed by atoms with Crippen LogP contribution in [0.5, 0.6) is 0 Å². The first-order valence-electron chi connectivity index (χ1n) is 9.81. The molecular formula is C21H34O. The summed E-state index contributed by atoms with van der Waals surface area (Å²) < 4.78 is 0. The summed E-state index contributed by atoms with van der Waals surface area (Å²) in [6.07, 6.45) is 11.8. The molecule has 124 valence electrons. The number of carbonyl (C=O) groups excluding carboxylic acids is 1. The summed E-state index contributed by atoms with van der Waals surface area (Å²) in [4.78, 5) is 13.2. The molecule has 0 aromatic carbocycles. The average molecular weight is 303 g/mol. The maximum Gasteiger partial charge on any atom is 0.137 e. The van der Waals surface area contributed by atoms with Crippen molar-refractivity contribution in [3.63, 3.8) is 0 Å². The average Bonchev–Trinajstić information content (AvgIpc) is 2.79. The molecule has 0 N–H and O–H groups in total. The number of hydrogen-bond donors (Lipinski definition) is 0. The van der Waals surface area contributed by atoms with Crippen molar-refractivity contribution in [3.05, 3.63) is 0 Å². The Morgan fingerprint density at radius 2 is 1.64 bits per heavy atom. The lowest BCUT2D eigenvalue weighted by Crippen LogP contribution is -2.59. The first-order valence-corrected chi connectivity index (χ1v) is 9.81. The highest BCUT2D eigenvalue weighted by Crippen LogP contribution is 2.67. The molecule has 4 aliphatic carbocycles. The summed E-state index contributed by atoms with van der Waals surface area (Å²) >= 11 is 0. The standard InChI is InChI=1S/C21H34O/c1-19(2)9-6-11-21(4)16-8-12-20(3)10-5-7-15(20)14(16)13-17(22)18(19)21/h14-16,18H,5-13H2,1-4H3/t14-,15-,16-,18-,20-,21+/m0/s1. The van der Waals surface area contributed by atoms with Gasteiger partial charge in [0.05, 0.1) is 0 Å². The first-order chi connectivity index (χ1) is 10.3. The van der Waals surface area contributed by atoms with Gasteiger partial charge in [-0.25, -0.2) is 0 Å². The van der Waals surface area contributed by atoms with Crippen LogP contribution in [0.4, 0.5) is 0 Å². The molecular weight excluding hydrogens is 268 g/mol. The maximum atomic E-state index is 13.2. The molecule has 0 spiro atoms. The Bertz CT molecular complexity index is 492. The lowest BCUT2D eigenvalue weighted by atomic mass is 9.41. The molecule has 4 fully saturated rings. The summed E-state index contributed by atoms with van der Waals surface area (Å²) in [5.41, 5.74) is 1.09. The number of rotatable bonds is 0. The predicted octanol–water partition coefficient (Wildman–Crippen LogP) is 5.62. The van der Waals surface area contributed by atoms with Crippen LogP contribution in [-0.4, -0.2) is 5.78 Å². The van der Waals surface area contributed by atoms with E-state index in [1.807, 2.05) is 0 Å². The van der Waals surface area contributed by atoms with E-state index in [1.165, 1.54) is 51.4 Å². The molecule has 0 aromatic rings. The van der Waals surface area contributed by atoms with Crippen LogP contribution in [0.2, 0.25) is 0 Å². The Balaban J connectivity index is 1.73. The van der Waals surface area contributed by atoms with Crippen LogP contribution in [0, 0.1) is 39.9 Å². The Kier molecular flexibility index (Phi) is 3.18. The summed E-state index contributed by atoms with van der Waals surface area (Å²) in [5, 5.41) is 0. The highest BCUT2D eigenvalue weighted by Gasteiger charge is 2.62. The van der Waals surface area contributed by atoms with Gasteiger partial charge >= 0.3 is 0 Å². The molecule has 6 atom stereocenters. The van der Waals surface area contributed by atoms with E-state index < -0.39 is 0 Å². The largest absolute Gasteiger partial charge is 0.299 e. The fourth-order valence-corrected chi connectivity index (χ4v) is 8.04. The number of Topliss-reactive ketones (excluding diaryl/α,β-unsaturated/α-hetero) is 1. The Morgan fingerprint density at radius 1 is 0.864 bits per heavy atom. The van der Waals surface area contributed by atoms with E-state index in [9.17, 15) is 4.79 Å². The van der Waals surface area contributed by atoms with E-state index in [-0.39, 0.29) is 5.41 Å². The SMILES string of the molecule is CC1(C)CCC[C@]2(C)[C@H]3CC[C@]4(C)CCC[C@H]4[C@@H]3CC(=O)[C@@H]12. The molecule has 0 bridgehead atoms. The molecule has 0 aromatic heterocycles. The van der Waals surface area contributed by atoms with E-state index >= 15 is 0 Å². The van der Waals surface area contributed by atoms with Gasteiger partial charge in [0.25, 0.3) is 0 Å². The van der Waals surface area contributed by atoms with Gasteiger partial charge in [0.15, 0.2) is 0 Å². The summed E-state index contributed by atoms with van der Waals surface area (Å²) in [7, 11) is 0. The molecule has 0 unspecified atom stereocenters. The summed E-state index contributed by atoms with van der Waals surface area (Å²) in [5.74, 6) is 3.35. The zero-order chi connectivity index (χ0) is 15.8. The van der Waals surface area contributed by atoms with Gasteiger partial charge in [0.1, 0.15) is 5.78 Å². The molecule has 4 saturated carbocycles. The second kappa shape index (κ2) is 4.61. The van der Waals surface area contributed by atoms with Crippen molar-refractivity contribution in [1.82, 2.24) is 0 Å². The molecule has 1 heteroatoms. The van der Waals surface area contributed by atoms with Crippen LogP contribution < -0.4 is 0 Å². The van der Waals surface area contributed by atoms with Gasteiger partial charge in [0.2, 0.25) is 0 Å². The van der Waals surface area contributed by atoms with Crippen molar-refractivity contribution in [3.8, 4) is 0 Å². The van der Waals surface area contributed by atoms with Crippen LogP contribution in [0.15, 0.2) is 0 Å². The predicted molar refractivity (Wildman–Crippen MR) is 90.5 cm³/mol. The smallest absolute Gasteiger partial charge is 0.137 e. The van der Waals surface area contributed by atoms with Crippen molar-refractivity contribution in [1.29, 1.82) is 0 Å². The van der Waals surface area contributed by atoms with Crippen LogP contribution in [0.3, 0.4) is 0 Å². The molecule has 1 nitrogen and oxygen atoms in total. The zero-order valence-electron chi connectivity index (χ0n) is 15.1. The zero-order valence-corrected chi connectivity index (χ0v) is 15.1. The fraction of sp³-hybridized carbons (Fsp3) is 0.952. The quantitative estimate of drug-likeness (QED) is 0.567. The normalized spacial score (nSPS) is 53.5. The molecule has 0 saturated heterocycles. The minimum atomic E-state index is 0.228. The number of hydrogen-bond acceptors (Lipinski definition) is 1. The van der Waals surface area contributed by atoms with E-state index in [0.29, 0.717) is 28.4 Å². The second-order valence-corrected chi connectivity index (χ2v) is 10.4. The number of ketones is 1. The molecule has 0 radical (unpaired) electrons. The van der Waals surface area contributed by atoms with Gasteiger partial charge in [-0.2, -0.15) is 0 Å². The van der Waals surface area contributed by atoms with Crippen molar-refractivity contribution >= 4 is 5.78 Å². The van der Waals surface area contributed by atoms with E-state index in [1.54, 1.807) is 0 Å². The van der Waals surface area contributed by atoms with Crippen molar-refractivity contribution in [2.45, 2.75) is 85.5 Å². The topological polar surface area (TPSA) is 17.1 Å². The minimum Gasteiger partial charge on any atom is -0.299 e. The van der Waals surface area contributed by atoms with Crippen LogP contribution in [-0.2, 0) is 4.79 Å². The first kappa shape index (κ1) is 15.2. The molecule has 4 rings (SSSR count). The monoisotopic (exact) mass is 302 g/mol. The molecule has 4 aliphatic rings. The highest BCUT2D eigenvalue weighted by molar-refractivity contribution is 5.84. The second-order valence-electron chi connectivity index (χ2n) is 10.4. The molecule has 0 heterocycles. The third-order valence-electron chi connectivity index (χ3n) is 8.80. The third kappa shape index (κ3) is 1.86. The number of carbonyl (C=O) groups is 1. The van der Waals surface area contributed by atoms with Crippen molar-refractivity contribution < 1.29 is 4.79 Å². The van der Waals surface area contributed by atoms with E-state index in [0.717, 1.165) is 18.3 Å². The fourth-order valence-electron chi connectivity index (χ4n) is 8.04. The highest BCUT2D eigenvalue weighted by atomic mass is 16.1. The van der Waals surface area contributed by atoms with Gasteiger partial charge in [-0.05, 0) is 72.5 Å². The van der Waals surface area contributed by atoms with Gasteiger partial charge in [0, 0.05) is 12.3 Å². The summed E-state index contributed by atoms with van der Waals surface area (Å²) in [6.45, 7) is 9.78. The third-order valence-corrected chi connectivity index (χ3v) is 8.80. The van der Waals surface area contributed by atoms with Gasteiger partial charge in [-0.1, -0.05) is 40.5 Å². The van der Waals surface area contributed by atoms with Gasteiger partial charge < -0.3 is 0 Å². The molecule has 22 heavy (non-hydrogen) atoms. The van der Waals surface area contributed by atoms with Crippen molar-refractivity contribution in [2.24, 2.45) is 39.9 Å². The van der Waals surface area contributed by atoms with Crippen LogP contribution >= 0.6 is 0 Å². The minimum absolute atomic E-state index is 0.228. The van der Waals surface area contributed by atoms with Crippen molar-refractivity contribution in [2.75, 3.05) is 0 Å². The molecule has 0 amide bonds.